The van der Waals surface area contributed by atoms with Gasteiger partial charge in [-0.1, -0.05) is 41.4 Å². The van der Waals surface area contributed by atoms with E-state index in [1.54, 1.807) is 0 Å². The van der Waals surface area contributed by atoms with Gasteiger partial charge in [-0.15, -0.1) is 0 Å². The molecule has 102 valence electrons. The van der Waals surface area contributed by atoms with Gasteiger partial charge < -0.3 is 10.7 Å². The van der Waals surface area contributed by atoms with E-state index < -0.39 is 5.54 Å². The minimum absolute atomic E-state index is 0.396. The van der Waals surface area contributed by atoms with Crippen molar-refractivity contribution in [2.45, 2.75) is 39.2 Å². The fraction of sp³-hybridized carbons (Fsp3) is 0.400. The average Bonchev–Trinajstić information content (AvgIpc) is 2.73. The van der Waals surface area contributed by atoms with E-state index >= 15 is 0 Å². The molecule has 0 radical (unpaired) electrons. The second-order valence-electron chi connectivity index (χ2n) is 5.23. The van der Waals surface area contributed by atoms with Gasteiger partial charge in [0.1, 0.15) is 5.82 Å². The molecular formula is C15H20BrN3. The molecule has 0 saturated heterocycles. The maximum absolute atomic E-state index is 6.33. The first-order valence-electron chi connectivity index (χ1n) is 6.56. The van der Waals surface area contributed by atoms with Crippen molar-refractivity contribution in [3.05, 3.63) is 40.3 Å². The molecule has 19 heavy (non-hydrogen) atoms. The Morgan fingerprint density at radius 2 is 1.95 bits per heavy atom. The van der Waals surface area contributed by atoms with Crippen LogP contribution in [0.3, 0.4) is 0 Å². The number of halogens is 1. The van der Waals surface area contributed by atoms with Crippen molar-refractivity contribution in [1.29, 1.82) is 0 Å². The number of nitrogens with zero attached hydrogens (tertiary/aromatic N) is 1. The molecule has 0 aliphatic carbocycles. The van der Waals surface area contributed by atoms with Crippen LogP contribution in [-0.2, 0) is 5.54 Å². The van der Waals surface area contributed by atoms with E-state index in [2.05, 4.69) is 40.0 Å². The Balaban J connectivity index is 2.39. The van der Waals surface area contributed by atoms with E-state index in [1.807, 2.05) is 26.0 Å². The molecule has 1 aromatic carbocycles. The van der Waals surface area contributed by atoms with Crippen LogP contribution in [-0.4, -0.2) is 9.97 Å². The first-order valence-corrected chi connectivity index (χ1v) is 7.35. The van der Waals surface area contributed by atoms with E-state index in [0.717, 1.165) is 40.1 Å². The summed E-state index contributed by atoms with van der Waals surface area (Å²) in [6.45, 7) is 6.20. The van der Waals surface area contributed by atoms with Crippen molar-refractivity contribution in [3.63, 3.8) is 0 Å². The SMILES string of the molecule is CCCC(C)(N)c1nc(-c2ccc(Br)cc2)c(C)[nH]1. The smallest absolute Gasteiger partial charge is 0.126 e. The monoisotopic (exact) mass is 321 g/mol. The van der Waals surface area contributed by atoms with Crippen LogP contribution in [0.2, 0.25) is 0 Å². The molecule has 0 saturated carbocycles. The average molecular weight is 322 g/mol. The predicted molar refractivity (Wildman–Crippen MR) is 82.9 cm³/mol. The summed E-state index contributed by atoms with van der Waals surface area (Å²) in [7, 11) is 0. The molecule has 2 rings (SSSR count). The lowest BCUT2D eigenvalue weighted by Crippen LogP contribution is -2.34. The van der Waals surface area contributed by atoms with Crippen LogP contribution in [0.15, 0.2) is 28.7 Å². The van der Waals surface area contributed by atoms with Gasteiger partial charge >= 0.3 is 0 Å². The van der Waals surface area contributed by atoms with Crippen LogP contribution in [0.25, 0.3) is 11.3 Å². The topological polar surface area (TPSA) is 54.7 Å². The van der Waals surface area contributed by atoms with Crippen molar-refractivity contribution < 1.29 is 0 Å². The van der Waals surface area contributed by atoms with Gasteiger partial charge in [0.2, 0.25) is 0 Å². The number of rotatable bonds is 4. The maximum atomic E-state index is 6.33. The Kier molecular flexibility index (Phi) is 4.11. The highest BCUT2D eigenvalue weighted by Crippen LogP contribution is 2.27. The van der Waals surface area contributed by atoms with Crippen LogP contribution in [0.4, 0.5) is 0 Å². The van der Waals surface area contributed by atoms with Crippen LogP contribution >= 0.6 is 15.9 Å². The molecule has 4 heteroatoms. The van der Waals surface area contributed by atoms with E-state index in [-0.39, 0.29) is 0 Å². The third-order valence-corrected chi connectivity index (χ3v) is 3.84. The zero-order chi connectivity index (χ0) is 14.0. The number of hydrogen-bond donors (Lipinski definition) is 2. The van der Waals surface area contributed by atoms with Gasteiger partial charge in [-0.3, -0.25) is 0 Å². The summed E-state index contributed by atoms with van der Waals surface area (Å²) in [5.41, 5.74) is 9.08. The lowest BCUT2D eigenvalue weighted by Gasteiger charge is -2.21. The fourth-order valence-electron chi connectivity index (χ4n) is 2.26. The Hall–Kier alpha value is -1.13. The molecule has 3 nitrogen and oxygen atoms in total. The molecule has 0 spiro atoms. The van der Waals surface area contributed by atoms with Crippen LogP contribution < -0.4 is 5.73 Å². The van der Waals surface area contributed by atoms with E-state index in [1.165, 1.54) is 0 Å². The van der Waals surface area contributed by atoms with Crippen molar-refractivity contribution in [1.82, 2.24) is 9.97 Å². The Morgan fingerprint density at radius 3 is 2.53 bits per heavy atom. The van der Waals surface area contributed by atoms with Gasteiger partial charge in [0.05, 0.1) is 11.2 Å². The minimum Gasteiger partial charge on any atom is -0.344 e. The zero-order valence-electron chi connectivity index (χ0n) is 11.6. The largest absolute Gasteiger partial charge is 0.344 e. The molecular weight excluding hydrogens is 302 g/mol. The Morgan fingerprint density at radius 1 is 1.32 bits per heavy atom. The van der Waals surface area contributed by atoms with Crippen LogP contribution in [0, 0.1) is 6.92 Å². The van der Waals surface area contributed by atoms with Gasteiger partial charge in [-0.25, -0.2) is 4.98 Å². The molecule has 0 aliphatic heterocycles. The van der Waals surface area contributed by atoms with Gasteiger partial charge in [-0.2, -0.15) is 0 Å². The predicted octanol–water partition coefficient (Wildman–Crippen LogP) is 4.12. The van der Waals surface area contributed by atoms with E-state index in [0.29, 0.717) is 0 Å². The molecule has 0 fully saturated rings. The highest BCUT2D eigenvalue weighted by molar-refractivity contribution is 9.10. The molecule has 1 unspecified atom stereocenters. The van der Waals surface area contributed by atoms with Crippen molar-refractivity contribution >= 4 is 15.9 Å². The third-order valence-electron chi connectivity index (χ3n) is 3.31. The molecule has 1 atom stereocenters. The van der Waals surface area contributed by atoms with Gasteiger partial charge in [0.25, 0.3) is 0 Å². The quantitative estimate of drug-likeness (QED) is 0.889. The summed E-state index contributed by atoms with van der Waals surface area (Å²) in [6.07, 6.45) is 1.96. The third kappa shape index (κ3) is 3.07. The van der Waals surface area contributed by atoms with Gasteiger partial charge in [-0.05, 0) is 32.4 Å². The van der Waals surface area contributed by atoms with Gasteiger partial charge in [0, 0.05) is 15.7 Å². The number of aromatic nitrogens is 2. The van der Waals surface area contributed by atoms with Crippen molar-refractivity contribution in [3.8, 4) is 11.3 Å². The molecule has 1 heterocycles. The number of aryl methyl sites for hydroxylation is 1. The second kappa shape index (κ2) is 5.47. The summed E-state index contributed by atoms with van der Waals surface area (Å²) in [5, 5.41) is 0. The Labute approximate surface area is 122 Å². The number of benzene rings is 1. The van der Waals surface area contributed by atoms with E-state index in [4.69, 9.17) is 10.7 Å². The number of aromatic amines is 1. The lowest BCUT2D eigenvalue weighted by molar-refractivity contribution is 0.423. The lowest BCUT2D eigenvalue weighted by atomic mass is 9.97. The second-order valence-corrected chi connectivity index (χ2v) is 6.15. The Bertz CT molecular complexity index is 555. The summed E-state index contributed by atoms with van der Waals surface area (Å²) in [5.74, 6) is 0.866. The minimum atomic E-state index is -0.396. The number of nitrogens with one attached hydrogen (secondary N) is 1. The van der Waals surface area contributed by atoms with Crippen LogP contribution in [0.5, 0.6) is 0 Å². The molecule has 0 bridgehead atoms. The number of hydrogen-bond acceptors (Lipinski definition) is 2. The first-order chi connectivity index (χ1) is 8.94. The zero-order valence-corrected chi connectivity index (χ0v) is 13.2. The fourth-order valence-corrected chi connectivity index (χ4v) is 2.52. The number of H-pyrrole nitrogens is 1. The molecule has 1 aromatic heterocycles. The van der Waals surface area contributed by atoms with Crippen molar-refractivity contribution in [2.24, 2.45) is 5.73 Å². The normalized spacial score (nSPS) is 14.4. The van der Waals surface area contributed by atoms with Crippen LogP contribution in [0.1, 0.15) is 38.2 Å². The number of imidazole rings is 1. The maximum Gasteiger partial charge on any atom is 0.126 e. The highest BCUT2D eigenvalue weighted by atomic mass is 79.9. The highest BCUT2D eigenvalue weighted by Gasteiger charge is 2.25. The van der Waals surface area contributed by atoms with E-state index in [9.17, 15) is 0 Å². The van der Waals surface area contributed by atoms with Gasteiger partial charge in [0.15, 0.2) is 0 Å². The molecule has 3 N–H and O–H groups in total. The summed E-state index contributed by atoms with van der Waals surface area (Å²) in [4.78, 5) is 8.04. The molecule has 2 aromatic rings. The molecule has 0 aliphatic rings. The standard InChI is InChI=1S/C15H20BrN3/c1-4-9-15(3,17)14-18-10(2)13(19-14)11-5-7-12(16)8-6-11/h5-8H,4,9,17H2,1-3H3,(H,18,19). The van der Waals surface area contributed by atoms with Crippen molar-refractivity contribution in [2.75, 3.05) is 0 Å². The first kappa shape index (κ1) is 14.3. The summed E-state index contributed by atoms with van der Waals surface area (Å²) >= 11 is 3.45. The molecule has 0 amide bonds. The number of nitrogens with two attached hydrogens (primary N) is 1. The summed E-state index contributed by atoms with van der Waals surface area (Å²) in [6, 6.07) is 8.17. The summed E-state index contributed by atoms with van der Waals surface area (Å²) < 4.78 is 1.07.